The third-order valence-corrected chi connectivity index (χ3v) is 7.28. The molecule has 2 aliphatic rings. The molecular formula is C28H30F2N6O4. The van der Waals surface area contributed by atoms with Crippen LogP contribution < -0.4 is 10.6 Å². The topological polar surface area (TPSA) is 121 Å². The number of anilines is 2. The Hall–Kier alpha value is -4.32. The van der Waals surface area contributed by atoms with Crippen molar-refractivity contribution in [2.45, 2.75) is 32.6 Å². The highest BCUT2D eigenvalue weighted by atomic mass is 19.2. The molecule has 0 atom stereocenters. The number of hydrogen-bond acceptors (Lipinski definition) is 7. The summed E-state index contributed by atoms with van der Waals surface area (Å²) in [5.41, 5.74) is 3.01. The van der Waals surface area contributed by atoms with Crippen LogP contribution >= 0.6 is 0 Å². The molecule has 0 radical (unpaired) electrons. The van der Waals surface area contributed by atoms with Crippen LogP contribution in [0.1, 0.15) is 47.3 Å². The summed E-state index contributed by atoms with van der Waals surface area (Å²) >= 11 is 0. The number of imidazole rings is 1. The molecule has 0 spiro atoms. The summed E-state index contributed by atoms with van der Waals surface area (Å²) in [6, 6.07) is 5.31. The smallest absolute Gasteiger partial charge is 0.306 e. The summed E-state index contributed by atoms with van der Waals surface area (Å²) in [5.74, 6) is -2.94. The number of aromatic nitrogens is 3. The van der Waals surface area contributed by atoms with Gasteiger partial charge in [0, 0.05) is 48.7 Å². The molecule has 3 heterocycles. The molecule has 12 heteroatoms. The fourth-order valence-electron chi connectivity index (χ4n) is 5.10. The lowest BCUT2D eigenvalue weighted by Gasteiger charge is -2.30. The number of hydrogen-bond donors (Lipinski definition) is 3. The molecule has 0 saturated carbocycles. The highest BCUT2D eigenvalue weighted by Gasteiger charge is 2.29. The molecule has 3 N–H and O–H groups in total. The molecule has 40 heavy (non-hydrogen) atoms. The van der Waals surface area contributed by atoms with Crippen LogP contribution in [-0.4, -0.2) is 63.1 Å². The fraction of sp³-hybridized carbons (Fsp3) is 0.357. The van der Waals surface area contributed by atoms with E-state index in [1.54, 1.807) is 40.9 Å². The number of rotatable bonds is 8. The number of carbonyl (C=O) groups is 2. The Morgan fingerprint density at radius 1 is 1.15 bits per heavy atom. The molecule has 1 fully saturated rings. The van der Waals surface area contributed by atoms with Gasteiger partial charge in [0.2, 0.25) is 0 Å². The second-order valence-corrected chi connectivity index (χ2v) is 9.84. The predicted octanol–water partition coefficient (Wildman–Crippen LogP) is 4.57. The summed E-state index contributed by atoms with van der Waals surface area (Å²) in [4.78, 5) is 34.8. The van der Waals surface area contributed by atoms with Gasteiger partial charge < -0.3 is 20.1 Å². The highest BCUT2D eigenvalue weighted by Crippen LogP contribution is 2.38. The maximum absolute atomic E-state index is 15.0. The third-order valence-electron chi connectivity index (χ3n) is 7.28. The van der Waals surface area contributed by atoms with Crippen molar-refractivity contribution in [1.82, 2.24) is 24.6 Å². The number of halogens is 2. The number of nitrogens with one attached hydrogen (secondary N) is 2. The first-order valence-electron chi connectivity index (χ1n) is 13.1. The maximum Gasteiger partial charge on any atom is 0.306 e. The van der Waals surface area contributed by atoms with Crippen LogP contribution in [0, 0.1) is 12.8 Å². The zero-order chi connectivity index (χ0) is 28.4. The van der Waals surface area contributed by atoms with Crippen molar-refractivity contribution in [2.24, 2.45) is 5.92 Å². The Morgan fingerprint density at radius 2 is 1.93 bits per heavy atom. The van der Waals surface area contributed by atoms with Crippen molar-refractivity contribution < 1.29 is 28.2 Å². The molecule has 0 unspecified atom stereocenters. The SMILES string of the molecule is CNCOC1=C(F)C(F)=C(c2cnc3c(Nc4ccc(C(=O)N5CCC(C(=O)O)CC5)c(C)c4)nccn23)CC1. The van der Waals surface area contributed by atoms with E-state index in [1.165, 1.54) is 6.20 Å². The van der Waals surface area contributed by atoms with Gasteiger partial charge in [-0.2, -0.15) is 0 Å². The number of carboxylic acid groups (broad SMARTS) is 1. The van der Waals surface area contributed by atoms with Gasteiger partial charge in [0.25, 0.3) is 5.91 Å². The van der Waals surface area contributed by atoms with Crippen LogP contribution in [0.3, 0.4) is 0 Å². The Labute approximate surface area is 229 Å². The number of aliphatic carboxylic acids is 1. The van der Waals surface area contributed by atoms with E-state index in [0.717, 1.165) is 5.56 Å². The maximum atomic E-state index is 15.0. The number of ether oxygens (including phenoxy) is 1. The molecule has 2 aromatic heterocycles. The lowest BCUT2D eigenvalue weighted by molar-refractivity contribution is -0.143. The summed E-state index contributed by atoms with van der Waals surface area (Å²) in [6.45, 7) is 2.73. The number of carbonyl (C=O) groups excluding carboxylic acids is 1. The number of nitrogens with zero attached hydrogens (tertiary/aromatic N) is 4. The van der Waals surface area contributed by atoms with Crippen molar-refractivity contribution in [3.05, 3.63) is 71.0 Å². The van der Waals surface area contributed by atoms with Crippen LogP contribution in [0.15, 0.2) is 54.2 Å². The predicted molar refractivity (Wildman–Crippen MR) is 144 cm³/mol. The Kier molecular flexibility index (Phi) is 7.78. The van der Waals surface area contributed by atoms with Gasteiger partial charge in [-0.05, 0) is 57.0 Å². The van der Waals surface area contributed by atoms with Crippen LogP contribution in [0.5, 0.6) is 0 Å². The van der Waals surface area contributed by atoms with Crippen molar-refractivity contribution in [2.75, 3.05) is 32.2 Å². The first-order valence-corrected chi connectivity index (χ1v) is 13.1. The van der Waals surface area contributed by atoms with Crippen LogP contribution in [0.2, 0.25) is 0 Å². The molecule has 10 nitrogen and oxygen atoms in total. The van der Waals surface area contributed by atoms with Gasteiger partial charge in [0.05, 0.1) is 17.8 Å². The van der Waals surface area contributed by atoms with Crippen molar-refractivity contribution in [3.8, 4) is 0 Å². The van der Waals surface area contributed by atoms with E-state index in [0.29, 0.717) is 54.3 Å². The van der Waals surface area contributed by atoms with E-state index < -0.39 is 23.5 Å². The summed E-state index contributed by atoms with van der Waals surface area (Å²) in [7, 11) is 1.65. The third kappa shape index (κ3) is 5.26. The number of amides is 1. The molecule has 3 aromatic rings. The van der Waals surface area contributed by atoms with E-state index >= 15 is 4.39 Å². The fourth-order valence-corrected chi connectivity index (χ4v) is 5.10. The zero-order valence-electron chi connectivity index (χ0n) is 22.2. The molecule has 1 saturated heterocycles. The van der Waals surface area contributed by atoms with E-state index in [2.05, 4.69) is 20.6 Å². The number of piperidine rings is 1. The quantitative estimate of drug-likeness (QED) is 0.348. The van der Waals surface area contributed by atoms with E-state index in [1.807, 2.05) is 13.0 Å². The second-order valence-electron chi connectivity index (χ2n) is 9.84. The van der Waals surface area contributed by atoms with Crippen molar-refractivity contribution in [3.63, 3.8) is 0 Å². The minimum Gasteiger partial charge on any atom is -0.481 e. The van der Waals surface area contributed by atoms with Gasteiger partial charge >= 0.3 is 5.97 Å². The van der Waals surface area contributed by atoms with Gasteiger partial charge in [-0.15, -0.1) is 0 Å². The van der Waals surface area contributed by atoms with Gasteiger partial charge in [-0.1, -0.05) is 0 Å². The molecule has 1 aliphatic heterocycles. The Balaban J connectivity index is 1.35. The van der Waals surface area contributed by atoms with Gasteiger partial charge in [0.1, 0.15) is 12.5 Å². The van der Waals surface area contributed by atoms with Crippen LogP contribution in [-0.2, 0) is 9.53 Å². The summed E-state index contributed by atoms with van der Waals surface area (Å²) < 4.78 is 36.6. The van der Waals surface area contributed by atoms with Gasteiger partial charge in [-0.25, -0.2) is 18.7 Å². The van der Waals surface area contributed by atoms with E-state index in [4.69, 9.17) is 4.74 Å². The van der Waals surface area contributed by atoms with E-state index in [9.17, 15) is 19.1 Å². The number of allylic oxidation sites excluding steroid dienone is 4. The number of fused-ring (bicyclic) bond motifs is 1. The molecule has 5 rings (SSSR count). The number of benzene rings is 1. The average molecular weight is 553 g/mol. The number of aryl methyl sites for hydroxylation is 1. The minimum absolute atomic E-state index is 0.0181. The molecule has 0 bridgehead atoms. The van der Waals surface area contributed by atoms with Crippen molar-refractivity contribution >= 4 is 34.6 Å². The monoisotopic (exact) mass is 552 g/mol. The first-order chi connectivity index (χ1) is 19.3. The largest absolute Gasteiger partial charge is 0.481 e. The lowest BCUT2D eigenvalue weighted by Crippen LogP contribution is -2.40. The normalized spacial score (nSPS) is 16.6. The first kappa shape index (κ1) is 27.3. The van der Waals surface area contributed by atoms with E-state index in [-0.39, 0.29) is 36.8 Å². The zero-order valence-corrected chi connectivity index (χ0v) is 22.2. The lowest BCUT2D eigenvalue weighted by atomic mass is 9.96. The minimum atomic E-state index is -1.00. The number of likely N-dealkylation sites (tertiary alicyclic amines) is 1. The second kappa shape index (κ2) is 11.4. The Bertz CT molecular complexity index is 1520. The molecule has 210 valence electrons. The standard InChI is InChI=1S/C28H30F2N6O4/c1-16-13-18(3-4-19(16)27(37)35-10-7-17(8-11-35)28(38)39)34-25-26-33-14-21(36(26)12-9-32-25)20-5-6-22(40-15-31-2)24(30)23(20)29/h3-4,9,12-14,17,31H,5-8,10-11,15H2,1-2H3,(H,32,34)(H,38,39). The van der Waals surface area contributed by atoms with Crippen LogP contribution in [0.4, 0.5) is 20.3 Å². The van der Waals surface area contributed by atoms with Crippen molar-refractivity contribution in [1.29, 1.82) is 0 Å². The van der Waals surface area contributed by atoms with Gasteiger partial charge in [-0.3, -0.25) is 19.3 Å². The molecule has 1 amide bonds. The average Bonchev–Trinajstić information content (AvgIpc) is 3.38. The van der Waals surface area contributed by atoms with Crippen LogP contribution in [0.25, 0.3) is 11.2 Å². The Morgan fingerprint density at radius 3 is 2.62 bits per heavy atom. The molecule has 1 aromatic carbocycles. The van der Waals surface area contributed by atoms with Gasteiger partial charge in [0.15, 0.2) is 23.1 Å². The number of carboxylic acids is 1. The summed E-state index contributed by atoms with van der Waals surface area (Å²) in [6.07, 6.45) is 6.03. The highest BCUT2D eigenvalue weighted by molar-refractivity contribution is 5.96. The molecule has 1 aliphatic carbocycles. The molecular weight excluding hydrogens is 522 g/mol. The summed E-state index contributed by atoms with van der Waals surface area (Å²) in [5, 5.41) is 15.2.